The number of carbonyl (C=O) groups is 1. The molecule has 0 bridgehead atoms. The molecule has 0 fully saturated rings. The molecule has 0 spiro atoms. The van der Waals surface area contributed by atoms with Crippen LogP contribution in [0.5, 0.6) is 0 Å². The number of benzene rings is 3. The lowest BCUT2D eigenvalue weighted by molar-refractivity contribution is 0.251. The van der Waals surface area contributed by atoms with Gasteiger partial charge in [-0.25, -0.2) is 9.78 Å². The number of aromatic nitrogens is 3. The van der Waals surface area contributed by atoms with Gasteiger partial charge in [0.15, 0.2) is 5.65 Å². The largest absolute Gasteiger partial charge is 0.366 e. The summed E-state index contributed by atoms with van der Waals surface area (Å²) in [6.45, 7) is 0.955. The van der Waals surface area contributed by atoms with Gasteiger partial charge in [0.05, 0.1) is 27.1 Å². The number of hydrogen-bond acceptors (Lipinski definition) is 4. The van der Waals surface area contributed by atoms with Crippen molar-refractivity contribution in [1.82, 2.24) is 19.9 Å². The van der Waals surface area contributed by atoms with Crippen molar-refractivity contribution in [2.24, 2.45) is 0 Å². The maximum atomic E-state index is 12.2. The molecule has 0 atom stereocenters. The molecule has 2 amide bonds. The van der Waals surface area contributed by atoms with Crippen LogP contribution in [0, 0.1) is 0 Å². The van der Waals surface area contributed by atoms with Crippen LogP contribution in [0.4, 0.5) is 16.3 Å². The van der Waals surface area contributed by atoms with E-state index in [1.807, 2.05) is 66.7 Å². The van der Waals surface area contributed by atoms with Crippen LogP contribution < -0.4 is 16.0 Å². The molecule has 0 unspecified atom stereocenters. The summed E-state index contributed by atoms with van der Waals surface area (Å²) in [6.07, 6.45) is 1.72. The Labute approximate surface area is 232 Å². The van der Waals surface area contributed by atoms with Gasteiger partial charge in [-0.3, -0.25) is 0 Å². The van der Waals surface area contributed by atoms with Gasteiger partial charge in [-0.05, 0) is 45.3 Å². The third-order valence-electron chi connectivity index (χ3n) is 5.65. The highest BCUT2D eigenvalue weighted by atomic mass is 79.9. The highest BCUT2D eigenvalue weighted by molar-refractivity contribution is 9.10. The average Bonchev–Trinajstić information content (AvgIpc) is 3.29. The fourth-order valence-electron chi connectivity index (χ4n) is 3.75. The number of halogens is 3. The number of para-hydroxylation sites is 1. The zero-order valence-electron chi connectivity index (χ0n) is 19.4. The SMILES string of the molecule is O=C(NCc1ccc(CNc2cc(-c3ccccc3Cl)nc3c(Br)cnn23)cc1)Nc1ccccc1Cl. The smallest absolute Gasteiger partial charge is 0.319 e. The second-order valence-corrected chi connectivity index (χ2v) is 9.86. The van der Waals surface area contributed by atoms with Crippen molar-refractivity contribution < 1.29 is 4.79 Å². The van der Waals surface area contributed by atoms with E-state index in [0.29, 0.717) is 34.5 Å². The second kappa shape index (κ2) is 11.2. The molecular formula is C27H21BrCl2N6O. The van der Waals surface area contributed by atoms with Crippen molar-refractivity contribution in [2.75, 3.05) is 10.6 Å². The van der Waals surface area contributed by atoms with Gasteiger partial charge < -0.3 is 16.0 Å². The quantitative estimate of drug-likeness (QED) is 0.183. The number of nitrogens with zero attached hydrogens (tertiary/aromatic N) is 3. The first-order valence-electron chi connectivity index (χ1n) is 11.4. The zero-order chi connectivity index (χ0) is 25.8. The molecule has 5 rings (SSSR count). The van der Waals surface area contributed by atoms with Crippen LogP contribution in [-0.2, 0) is 13.1 Å². The van der Waals surface area contributed by atoms with Gasteiger partial charge in [0.2, 0.25) is 0 Å². The fraction of sp³-hybridized carbons (Fsp3) is 0.0741. The third kappa shape index (κ3) is 5.88. The molecule has 0 saturated carbocycles. The van der Waals surface area contributed by atoms with Crippen LogP contribution >= 0.6 is 39.1 Å². The molecule has 5 aromatic rings. The number of nitrogens with one attached hydrogen (secondary N) is 3. The van der Waals surface area contributed by atoms with Gasteiger partial charge in [0, 0.05) is 29.7 Å². The topological polar surface area (TPSA) is 83.3 Å². The first-order valence-corrected chi connectivity index (χ1v) is 12.9. The summed E-state index contributed by atoms with van der Waals surface area (Å²) in [4.78, 5) is 16.9. The lowest BCUT2D eigenvalue weighted by Gasteiger charge is -2.12. The molecule has 3 N–H and O–H groups in total. The number of rotatable bonds is 7. The number of anilines is 2. The highest BCUT2D eigenvalue weighted by Gasteiger charge is 2.13. The van der Waals surface area contributed by atoms with E-state index in [9.17, 15) is 4.79 Å². The van der Waals surface area contributed by atoms with Gasteiger partial charge in [0.1, 0.15) is 5.82 Å². The molecule has 2 aromatic heterocycles. The fourth-order valence-corrected chi connectivity index (χ4v) is 4.51. The van der Waals surface area contributed by atoms with E-state index in [1.165, 1.54) is 0 Å². The Morgan fingerprint density at radius 2 is 1.57 bits per heavy atom. The Balaban J connectivity index is 1.25. The van der Waals surface area contributed by atoms with Crippen molar-refractivity contribution in [3.05, 3.63) is 111 Å². The molecule has 186 valence electrons. The Hall–Kier alpha value is -3.59. The van der Waals surface area contributed by atoms with E-state index < -0.39 is 0 Å². The number of carbonyl (C=O) groups excluding carboxylic acids is 1. The van der Waals surface area contributed by atoms with Gasteiger partial charge >= 0.3 is 6.03 Å². The Morgan fingerprint density at radius 1 is 0.892 bits per heavy atom. The monoisotopic (exact) mass is 594 g/mol. The summed E-state index contributed by atoms with van der Waals surface area (Å²) >= 11 is 16.0. The summed E-state index contributed by atoms with van der Waals surface area (Å²) in [6, 6.07) is 24.3. The first-order chi connectivity index (χ1) is 18.0. The number of urea groups is 1. The Bertz CT molecular complexity index is 1570. The van der Waals surface area contributed by atoms with E-state index in [0.717, 1.165) is 32.7 Å². The number of amides is 2. The predicted molar refractivity (Wildman–Crippen MR) is 152 cm³/mol. The van der Waals surface area contributed by atoms with E-state index in [4.69, 9.17) is 28.2 Å². The standard InChI is InChI=1S/C27H21BrCl2N6O/c28-20-16-33-36-25(13-24(34-26(20)36)19-5-1-2-6-21(19)29)31-14-17-9-11-18(12-10-17)15-32-27(37)35-23-8-4-3-7-22(23)30/h1-13,16,31H,14-15H2,(H2,32,35,37). The predicted octanol–water partition coefficient (Wildman–Crippen LogP) is 7.40. The maximum absolute atomic E-state index is 12.2. The van der Waals surface area contributed by atoms with Crippen molar-refractivity contribution in [3.8, 4) is 11.3 Å². The lowest BCUT2D eigenvalue weighted by Crippen LogP contribution is -2.28. The molecule has 0 saturated heterocycles. The van der Waals surface area contributed by atoms with Gasteiger partial charge in [0.25, 0.3) is 0 Å². The summed E-state index contributed by atoms with van der Waals surface area (Å²) in [7, 11) is 0. The van der Waals surface area contributed by atoms with Gasteiger partial charge in [-0.2, -0.15) is 9.61 Å². The molecule has 7 nitrogen and oxygen atoms in total. The van der Waals surface area contributed by atoms with Gasteiger partial charge in [-0.1, -0.05) is 77.8 Å². The van der Waals surface area contributed by atoms with E-state index in [1.54, 1.807) is 22.8 Å². The Kier molecular flexibility index (Phi) is 7.60. The van der Waals surface area contributed by atoms with Gasteiger partial charge in [-0.15, -0.1) is 0 Å². The van der Waals surface area contributed by atoms with Crippen LogP contribution in [0.2, 0.25) is 10.0 Å². The summed E-state index contributed by atoms with van der Waals surface area (Å²) < 4.78 is 2.54. The second-order valence-electron chi connectivity index (χ2n) is 8.19. The van der Waals surface area contributed by atoms with E-state index >= 15 is 0 Å². The molecule has 2 heterocycles. The molecule has 10 heteroatoms. The zero-order valence-corrected chi connectivity index (χ0v) is 22.5. The minimum Gasteiger partial charge on any atom is -0.366 e. The van der Waals surface area contributed by atoms with Crippen molar-refractivity contribution >= 4 is 62.3 Å². The molecule has 0 radical (unpaired) electrons. The van der Waals surface area contributed by atoms with Crippen LogP contribution in [0.15, 0.2) is 89.5 Å². The minimum absolute atomic E-state index is 0.319. The van der Waals surface area contributed by atoms with Crippen LogP contribution in [0.25, 0.3) is 16.9 Å². The van der Waals surface area contributed by atoms with Crippen LogP contribution in [-0.4, -0.2) is 20.6 Å². The van der Waals surface area contributed by atoms with Crippen LogP contribution in [0.1, 0.15) is 11.1 Å². The van der Waals surface area contributed by atoms with Crippen molar-refractivity contribution in [3.63, 3.8) is 0 Å². The maximum Gasteiger partial charge on any atom is 0.319 e. The average molecular weight is 596 g/mol. The molecule has 0 aliphatic heterocycles. The summed E-state index contributed by atoms with van der Waals surface area (Å²) in [5, 5.41) is 14.6. The number of fused-ring (bicyclic) bond motifs is 1. The highest BCUT2D eigenvalue weighted by Crippen LogP contribution is 2.30. The summed E-state index contributed by atoms with van der Waals surface area (Å²) in [5.74, 6) is 0.785. The molecule has 3 aromatic carbocycles. The first kappa shape index (κ1) is 25.1. The molecule has 0 aliphatic rings. The van der Waals surface area contributed by atoms with Crippen molar-refractivity contribution in [1.29, 1.82) is 0 Å². The van der Waals surface area contributed by atoms with E-state index in [-0.39, 0.29) is 6.03 Å². The number of hydrogen-bond donors (Lipinski definition) is 3. The van der Waals surface area contributed by atoms with Crippen molar-refractivity contribution in [2.45, 2.75) is 13.1 Å². The van der Waals surface area contributed by atoms with E-state index in [2.05, 4.69) is 37.0 Å². The lowest BCUT2D eigenvalue weighted by atomic mass is 10.1. The Morgan fingerprint density at radius 3 is 2.30 bits per heavy atom. The minimum atomic E-state index is -0.319. The third-order valence-corrected chi connectivity index (χ3v) is 6.87. The molecular weight excluding hydrogens is 575 g/mol. The normalized spacial score (nSPS) is 10.9. The summed E-state index contributed by atoms with van der Waals surface area (Å²) in [5.41, 5.74) is 4.89. The molecule has 37 heavy (non-hydrogen) atoms. The molecule has 0 aliphatic carbocycles. The van der Waals surface area contributed by atoms with Crippen LogP contribution in [0.3, 0.4) is 0 Å².